The summed E-state index contributed by atoms with van der Waals surface area (Å²) in [6.45, 7) is 6.69. The Morgan fingerprint density at radius 1 is 1.53 bits per heavy atom. The maximum Gasteiger partial charge on any atom is 0.240 e. The molecule has 0 bridgehead atoms. The summed E-state index contributed by atoms with van der Waals surface area (Å²) < 4.78 is 5.49. The van der Waals surface area contributed by atoms with Crippen molar-refractivity contribution >= 4 is 5.91 Å². The molecule has 2 saturated heterocycles. The van der Waals surface area contributed by atoms with Crippen LogP contribution >= 0.6 is 0 Å². The average Bonchev–Trinajstić information content (AvgIpc) is 2.59. The molecule has 0 aromatic heterocycles. The molecule has 1 N–H and O–H groups in total. The molecule has 4 heteroatoms. The lowest BCUT2D eigenvalue weighted by Crippen LogP contribution is -2.42. The Labute approximate surface area is 104 Å². The molecule has 17 heavy (non-hydrogen) atoms. The molecule has 0 saturated carbocycles. The van der Waals surface area contributed by atoms with Gasteiger partial charge in [-0.3, -0.25) is 10.1 Å². The third-order valence-electron chi connectivity index (χ3n) is 3.74. The minimum Gasteiger partial charge on any atom is -0.381 e. The van der Waals surface area contributed by atoms with Crippen LogP contribution in [0.3, 0.4) is 0 Å². The molecule has 2 aliphatic heterocycles. The van der Waals surface area contributed by atoms with Crippen molar-refractivity contribution in [1.29, 1.82) is 0 Å². The van der Waals surface area contributed by atoms with E-state index in [1.165, 1.54) is 6.42 Å². The van der Waals surface area contributed by atoms with E-state index >= 15 is 0 Å². The highest BCUT2D eigenvalue weighted by Gasteiger charge is 2.36. The van der Waals surface area contributed by atoms with E-state index in [4.69, 9.17) is 4.74 Å². The Hall–Kier alpha value is -0.610. The highest BCUT2D eigenvalue weighted by Crippen LogP contribution is 2.21. The summed E-state index contributed by atoms with van der Waals surface area (Å²) >= 11 is 0. The van der Waals surface area contributed by atoms with Crippen LogP contribution in [0.1, 0.15) is 39.5 Å². The van der Waals surface area contributed by atoms with Crippen LogP contribution in [0.4, 0.5) is 0 Å². The van der Waals surface area contributed by atoms with Crippen LogP contribution in [-0.2, 0) is 9.53 Å². The molecule has 98 valence electrons. The van der Waals surface area contributed by atoms with Crippen molar-refractivity contribution in [3.8, 4) is 0 Å². The van der Waals surface area contributed by atoms with E-state index < -0.39 is 0 Å². The SMILES string of the molecule is CCCC1NC(C)C(=O)N1CC1CCCOC1. The lowest BCUT2D eigenvalue weighted by atomic mass is 10.0. The summed E-state index contributed by atoms with van der Waals surface area (Å²) in [5.41, 5.74) is 0. The number of rotatable bonds is 4. The van der Waals surface area contributed by atoms with Crippen LogP contribution in [0, 0.1) is 5.92 Å². The number of nitrogens with zero attached hydrogens (tertiary/aromatic N) is 1. The van der Waals surface area contributed by atoms with Gasteiger partial charge in [-0.2, -0.15) is 0 Å². The zero-order valence-corrected chi connectivity index (χ0v) is 10.9. The van der Waals surface area contributed by atoms with Gasteiger partial charge in [-0.05, 0) is 26.2 Å². The minimum absolute atomic E-state index is 0.0175. The second-order valence-corrected chi connectivity index (χ2v) is 5.27. The van der Waals surface area contributed by atoms with Crippen molar-refractivity contribution in [2.75, 3.05) is 19.8 Å². The zero-order valence-electron chi connectivity index (χ0n) is 10.9. The van der Waals surface area contributed by atoms with Crippen LogP contribution in [-0.4, -0.2) is 42.8 Å². The Bertz CT molecular complexity index is 264. The second kappa shape index (κ2) is 5.83. The molecule has 0 radical (unpaired) electrons. The van der Waals surface area contributed by atoms with Gasteiger partial charge in [0, 0.05) is 19.1 Å². The molecule has 2 rings (SSSR count). The van der Waals surface area contributed by atoms with Crippen molar-refractivity contribution in [2.45, 2.75) is 51.7 Å². The third kappa shape index (κ3) is 2.99. The lowest BCUT2D eigenvalue weighted by Gasteiger charge is -2.30. The van der Waals surface area contributed by atoms with Gasteiger partial charge in [0.1, 0.15) is 0 Å². The van der Waals surface area contributed by atoms with Gasteiger partial charge in [-0.1, -0.05) is 13.3 Å². The smallest absolute Gasteiger partial charge is 0.240 e. The fourth-order valence-corrected chi connectivity index (χ4v) is 2.81. The van der Waals surface area contributed by atoms with E-state index in [1.54, 1.807) is 0 Å². The van der Waals surface area contributed by atoms with E-state index in [2.05, 4.69) is 12.2 Å². The molecule has 0 aliphatic carbocycles. The number of hydrogen-bond donors (Lipinski definition) is 1. The normalized spacial score (nSPS) is 34.4. The maximum atomic E-state index is 12.1. The topological polar surface area (TPSA) is 41.6 Å². The van der Waals surface area contributed by atoms with Crippen molar-refractivity contribution < 1.29 is 9.53 Å². The van der Waals surface area contributed by atoms with Gasteiger partial charge in [-0.25, -0.2) is 0 Å². The summed E-state index contributed by atoms with van der Waals surface area (Å²) in [5, 5.41) is 3.38. The first-order valence-electron chi connectivity index (χ1n) is 6.86. The van der Waals surface area contributed by atoms with Gasteiger partial charge in [0.15, 0.2) is 0 Å². The molecule has 3 unspecified atom stereocenters. The van der Waals surface area contributed by atoms with Gasteiger partial charge in [0.25, 0.3) is 0 Å². The lowest BCUT2D eigenvalue weighted by molar-refractivity contribution is -0.131. The molecule has 2 fully saturated rings. The summed E-state index contributed by atoms with van der Waals surface area (Å²) in [7, 11) is 0. The predicted octanol–water partition coefficient (Wildman–Crippen LogP) is 1.36. The summed E-state index contributed by atoms with van der Waals surface area (Å²) in [4.78, 5) is 14.1. The zero-order chi connectivity index (χ0) is 12.3. The molecule has 2 aliphatic rings. The highest BCUT2D eigenvalue weighted by molar-refractivity contribution is 5.83. The summed E-state index contributed by atoms with van der Waals surface area (Å²) in [6, 6.07) is -0.0175. The highest BCUT2D eigenvalue weighted by atomic mass is 16.5. The van der Waals surface area contributed by atoms with Crippen LogP contribution in [0.2, 0.25) is 0 Å². The van der Waals surface area contributed by atoms with Gasteiger partial charge >= 0.3 is 0 Å². The van der Waals surface area contributed by atoms with E-state index in [1.807, 2.05) is 11.8 Å². The Kier molecular flexibility index (Phi) is 4.40. The van der Waals surface area contributed by atoms with Crippen molar-refractivity contribution in [1.82, 2.24) is 10.2 Å². The first kappa shape index (κ1) is 12.8. The number of ether oxygens (including phenoxy) is 1. The third-order valence-corrected chi connectivity index (χ3v) is 3.74. The first-order valence-corrected chi connectivity index (χ1v) is 6.86. The van der Waals surface area contributed by atoms with E-state index in [0.29, 0.717) is 5.92 Å². The summed E-state index contributed by atoms with van der Waals surface area (Å²) in [6.07, 6.45) is 4.72. The van der Waals surface area contributed by atoms with E-state index in [0.717, 1.165) is 39.0 Å². The average molecular weight is 240 g/mol. The van der Waals surface area contributed by atoms with Gasteiger partial charge in [0.2, 0.25) is 5.91 Å². The molecule has 0 spiro atoms. The standard InChI is InChI=1S/C13H24N2O2/c1-3-5-12-14-10(2)13(16)15(12)8-11-6-4-7-17-9-11/h10-12,14H,3-9H2,1-2H3. The van der Waals surface area contributed by atoms with Crippen molar-refractivity contribution in [2.24, 2.45) is 5.92 Å². The van der Waals surface area contributed by atoms with Gasteiger partial charge < -0.3 is 9.64 Å². The monoisotopic (exact) mass is 240 g/mol. The van der Waals surface area contributed by atoms with Gasteiger partial charge in [0.05, 0.1) is 18.8 Å². The molecule has 0 aromatic rings. The first-order chi connectivity index (χ1) is 8.22. The largest absolute Gasteiger partial charge is 0.381 e. The molecule has 0 aromatic carbocycles. The molecule has 3 atom stereocenters. The Morgan fingerprint density at radius 2 is 2.35 bits per heavy atom. The number of amides is 1. The van der Waals surface area contributed by atoms with Crippen LogP contribution < -0.4 is 5.32 Å². The predicted molar refractivity (Wildman–Crippen MR) is 66.5 cm³/mol. The number of carbonyl (C=O) groups excluding carboxylic acids is 1. The minimum atomic E-state index is -0.0175. The quantitative estimate of drug-likeness (QED) is 0.806. The molecular formula is C13H24N2O2. The van der Waals surface area contributed by atoms with Crippen LogP contribution in [0.15, 0.2) is 0 Å². The van der Waals surface area contributed by atoms with Crippen LogP contribution in [0.5, 0.6) is 0 Å². The fraction of sp³-hybridized carbons (Fsp3) is 0.923. The summed E-state index contributed by atoms with van der Waals surface area (Å²) in [5.74, 6) is 0.785. The number of hydrogen-bond acceptors (Lipinski definition) is 3. The second-order valence-electron chi connectivity index (χ2n) is 5.27. The Morgan fingerprint density at radius 3 is 3.00 bits per heavy atom. The molecular weight excluding hydrogens is 216 g/mol. The maximum absolute atomic E-state index is 12.1. The fourth-order valence-electron chi connectivity index (χ4n) is 2.81. The van der Waals surface area contributed by atoms with Crippen molar-refractivity contribution in [3.63, 3.8) is 0 Å². The molecule has 2 heterocycles. The number of carbonyl (C=O) groups is 1. The van der Waals surface area contributed by atoms with Crippen LogP contribution in [0.25, 0.3) is 0 Å². The Balaban J connectivity index is 1.93. The van der Waals surface area contributed by atoms with E-state index in [-0.39, 0.29) is 18.1 Å². The molecule has 4 nitrogen and oxygen atoms in total. The van der Waals surface area contributed by atoms with Gasteiger partial charge in [-0.15, -0.1) is 0 Å². The van der Waals surface area contributed by atoms with E-state index in [9.17, 15) is 4.79 Å². The number of nitrogens with one attached hydrogen (secondary N) is 1. The van der Waals surface area contributed by atoms with Crippen molar-refractivity contribution in [3.05, 3.63) is 0 Å². The molecule has 1 amide bonds.